The van der Waals surface area contributed by atoms with Crippen LogP contribution in [0.3, 0.4) is 0 Å². The van der Waals surface area contributed by atoms with E-state index in [0.29, 0.717) is 5.75 Å². The molecule has 0 bridgehead atoms. The summed E-state index contributed by atoms with van der Waals surface area (Å²) in [6.07, 6.45) is 6.88. The Morgan fingerprint density at radius 3 is 1.93 bits per heavy atom. The predicted octanol–water partition coefficient (Wildman–Crippen LogP) is 1.53. The summed E-state index contributed by atoms with van der Waals surface area (Å²) in [5, 5.41) is 10.9. The lowest BCUT2D eigenvalue weighted by Gasteiger charge is -2.24. The zero-order chi connectivity index (χ0) is 20.3. The van der Waals surface area contributed by atoms with E-state index in [1.807, 2.05) is 12.1 Å². The highest BCUT2D eigenvalue weighted by Crippen LogP contribution is 2.48. The molecule has 1 aromatic carbocycles. The maximum Gasteiger partial charge on any atom is 0.500 e. The van der Waals surface area contributed by atoms with Gasteiger partial charge in [0.25, 0.3) is 0 Å². The molecule has 0 aromatic heterocycles. The van der Waals surface area contributed by atoms with E-state index >= 15 is 0 Å². The summed E-state index contributed by atoms with van der Waals surface area (Å²) in [6.45, 7) is 7.44. The first-order chi connectivity index (χ1) is 12.8. The minimum Gasteiger partial charge on any atom is -1.00 e. The number of halogens is 1. The molecule has 0 spiro atoms. The lowest BCUT2D eigenvalue weighted by molar-refractivity contribution is -0.0000120. The summed E-state index contributed by atoms with van der Waals surface area (Å²) >= 11 is 0. The van der Waals surface area contributed by atoms with Crippen LogP contribution in [0.1, 0.15) is 38.5 Å². The molecule has 1 N–H and O–H groups in total. The summed E-state index contributed by atoms with van der Waals surface area (Å²) in [5.74, 6) is 1.24. The van der Waals surface area contributed by atoms with Crippen molar-refractivity contribution in [3.8, 4) is 11.5 Å². The lowest BCUT2D eigenvalue weighted by Crippen LogP contribution is -3.00. The molecule has 1 rings (SSSR count). The van der Waals surface area contributed by atoms with E-state index in [0.717, 1.165) is 36.5 Å². The molecular weight excluding hydrogens is 459 g/mol. The van der Waals surface area contributed by atoms with Crippen LogP contribution in [-0.4, -0.2) is 61.8 Å². The minimum atomic E-state index is -2.40. The van der Waals surface area contributed by atoms with Gasteiger partial charge in [-0.1, -0.05) is 25.7 Å². The second-order valence-corrected chi connectivity index (χ2v) is 15.3. The second-order valence-electron chi connectivity index (χ2n) is 7.68. The predicted molar refractivity (Wildman–Crippen MR) is 117 cm³/mol. The van der Waals surface area contributed by atoms with Crippen LogP contribution in [0.2, 0.25) is 6.04 Å². The second kappa shape index (κ2) is 13.9. The first kappa shape index (κ1) is 27.8. The Morgan fingerprint density at radius 1 is 0.857 bits per heavy atom. The molecule has 0 aliphatic rings. The molecule has 0 aliphatic heterocycles. The van der Waals surface area contributed by atoms with Crippen molar-refractivity contribution in [3.63, 3.8) is 0 Å². The number of unbranched alkanes of at least 4 members (excludes halogenated alkanes) is 5. The number of ether oxygens (including phenoxy) is 1. The van der Waals surface area contributed by atoms with Crippen LogP contribution in [0.15, 0.2) is 18.2 Å². The summed E-state index contributed by atoms with van der Waals surface area (Å²) < 4.78 is 22.3. The number of rotatable bonds is 14. The first-order valence-electron chi connectivity index (χ1n) is 9.71. The molecule has 0 radical (unpaired) electrons. The van der Waals surface area contributed by atoms with Gasteiger partial charge in [-0.2, -0.15) is 0 Å². The van der Waals surface area contributed by atoms with Gasteiger partial charge in [-0.25, -0.2) is 0 Å². The van der Waals surface area contributed by atoms with E-state index in [2.05, 4.69) is 20.0 Å². The van der Waals surface area contributed by atoms with Crippen LogP contribution in [0.25, 0.3) is 0 Å². The molecule has 0 saturated carbocycles. The zero-order valence-electron chi connectivity index (χ0n) is 18.3. The standard InChI is InChI=1S/C20H37O5PSi.BrH/c1-22-27(23-2,24-3)16-12-10-8-7-9-11-15-25-19-14-13-18(21)17-20(19)26(4,5)6;/h13-14,17H,7-12,15-16H2,1-6H3;1H. The Labute approximate surface area is 183 Å². The smallest absolute Gasteiger partial charge is 0.500 e. The third kappa shape index (κ3) is 9.55. The van der Waals surface area contributed by atoms with Crippen molar-refractivity contribution in [1.82, 2.24) is 0 Å². The Hall–Kier alpha value is -0.173. The fourth-order valence-corrected chi connectivity index (χ4v) is 6.16. The average Bonchev–Trinajstić information content (AvgIpc) is 2.64. The fourth-order valence-electron chi connectivity index (χ4n) is 3.04. The highest BCUT2D eigenvalue weighted by atomic mass is 79.9. The molecule has 0 saturated heterocycles. The number of hydrogen-bond acceptors (Lipinski definition) is 5. The molecule has 0 heterocycles. The molecule has 0 amide bonds. The topological polar surface area (TPSA) is 57.2 Å². The van der Waals surface area contributed by atoms with Crippen molar-refractivity contribution in [3.05, 3.63) is 18.2 Å². The van der Waals surface area contributed by atoms with Crippen molar-refractivity contribution < 1.29 is 40.1 Å². The minimum absolute atomic E-state index is 0. The van der Waals surface area contributed by atoms with E-state index in [4.69, 9.17) is 18.0 Å². The summed E-state index contributed by atoms with van der Waals surface area (Å²) in [5.41, 5.74) is 0. The molecule has 0 atom stereocenters. The average molecular weight is 497 g/mol. The van der Waals surface area contributed by atoms with Crippen molar-refractivity contribution in [1.29, 1.82) is 0 Å². The van der Waals surface area contributed by atoms with E-state index in [9.17, 15) is 5.11 Å². The van der Waals surface area contributed by atoms with Crippen molar-refractivity contribution in [2.24, 2.45) is 0 Å². The lowest BCUT2D eigenvalue weighted by atomic mass is 10.1. The van der Waals surface area contributed by atoms with Gasteiger partial charge in [-0.3, -0.25) is 0 Å². The van der Waals surface area contributed by atoms with Gasteiger partial charge < -0.3 is 40.1 Å². The van der Waals surface area contributed by atoms with Crippen molar-refractivity contribution in [2.45, 2.75) is 44.6 Å². The first-order valence-corrected chi connectivity index (χ1v) is 14.8. The van der Waals surface area contributed by atoms with Gasteiger partial charge in [0, 0.05) is 40.7 Å². The van der Waals surface area contributed by atoms with Crippen LogP contribution >= 0.6 is 7.26 Å². The fraction of sp³-hybridized carbons (Fsp3) is 0.700. The quantitative estimate of drug-likeness (QED) is 0.240. The van der Waals surface area contributed by atoms with E-state index in [1.165, 1.54) is 25.7 Å². The number of benzene rings is 1. The van der Waals surface area contributed by atoms with E-state index in [1.54, 1.807) is 27.4 Å². The number of phenols is 1. The van der Waals surface area contributed by atoms with Crippen LogP contribution in [0, 0.1) is 0 Å². The van der Waals surface area contributed by atoms with Gasteiger partial charge in [0.1, 0.15) is 11.1 Å². The molecule has 1 aromatic rings. The monoisotopic (exact) mass is 496 g/mol. The van der Waals surface area contributed by atoms with Crippen LogP contribution < -0.4 is 27.0 Å². The molecule has 28 heavy (non-hydrogen) atoms. The van der Waals surface area contributed by atoms with Gasteiger partial charge in [0.15, 0.2) is 5.75 Å². The van der Waals surface area contributed by atoms with Crippen molar-refractivity contribution >= 4 is 21.4 Å². The largest absolute Gasteiger partial charge is 1.00 e. The maximum absolute atomic E-state index is 9.75. The van der Waals surface area contributed by atoms with Crippen LogP contribution in [0.4, 0.5) is 0 Å². The Morgan fingerprint density at radius 2 is 1.39 bits per heavy atom. The highest BCUT2D eigenvalue weighted by molar-refractivity contribution is 7.81. The number of hydrogen-bond donors (Lipinski definition) is 1. The highest BCUT2D eigenvalue weighted by Gasteiger charge is 2.36. The zero-order valence-corrected chi connectivity index (χ0v) is 21.8. The molecule has 164 valence electrons. The Bertz CT molecular complexity index is 542. The third-order valence-corrected chi connectivity index (χ3v) is 9.36. The Kier molecular flexibility index (Phi) is 13.9. The summed E-state index contributed by atoms with van der Waals surface area (Å²) in [6, 6.07) is 6.33. The molecule has 5 nitrogen and oxygen atoms in total. The molecule has 8 heteroatoms. The van der Waals surface area contributed by atoms with Gasteiger partial charge in [0.2, 0.25) is 0 Å². The van der Waals surface area contributed by atoms with Crippen molar-refractivity contribution in [2.75, 3.05) is 47.9 Å². The molecule has 0 aliphatic carbocycles. The van der Waals surface area contributed by atoms with E-state index in [-0.39, 0.29) is 17.0 Å². The third-order valence-electron chi connectivity index (χ3n) is 4.73. The SMILES string of the molecule is CO[Si](CCCCCCCCOc1ccc(O)cc1[P+](C)(C)C)(OC)OC.[Br-]. The van der Waals surface area contributed by atoms with Gasteiger partial charge >= 0.3 is 8.80 Å². The number of aromatic hydroxyl groups is 1. The van der Waals surface area contributed by atoms with Crippen LogP contribution in [0.5, 0.6) is 11.5 Å². The maximum atomic E-state index is 9.75. The normalized spacial score (nSPS) is 11.9. The van der Waals surface area contributed by atoms with Gasteiger partial charge in [0.05, 0.1) is 26.6 Å². The van der Waals surface area contributed by atoms with Gasteiger partial charge in [-0.05, 0) is 25.0 Å². The van der Waals surface area contributed by atoms with Crippen LogP contribution in [-0.2, 0) is 13.3 Å². The summed E-state index contributed by atoms with van der Waals surface area (Å²) in [4.78, 5) is 0. The molecule has 0 fully saturated rings. The molecule has 0 unspecified atom stereocenters. The van der Waals surface area contributed by atoms with Gasteiger partial charge in [-0.15, -0.1) is 0 Å². The van der Waals surface area contributed by atoms with E-state index < -0.39 is 16.1 Å². The summed E-state index contributed by atoms with van der Waals surface area (Å²) in [7, 11) is 1.36. The Balaban J connectivity index is 0.00000729. The molecular formula is C20H38BrO5PSi. The number of phenolic OH excluding ortho intramolecular Hbond substituents is 1.